The summed E-state index contributed by atoms with van der Waals surface area (Å²) in [5.41, 5.74) is -7.77. The van der Waals surface area contributed by atoms with E-state index in [1.54, 1.807) is 0 Å². The number of piperidine rings is 1. The van der Waals surface area contributed by atoms with Crippen molar-refractivity contribution in [2.75, 3.05) is 26.2 Å². The fraction of sp³-hybridized carbons (Fsp3) is 0.462. The molecule has 2 heterocycles. The number of carbonyl (C=O) groups excluding carboxylic acids is 1. The van der Waals surface area contributed by atoms with Gasteiger partial charge < -0.3 is 9.80 Å². The molecule has 4 rings (SSSR count). The van der Waals surface area contributed by atoms with Gasteiger partial charge in [0.05, 0.1) is 11.0 Å². The van der Waals surface area contributed by atoms with Crippen LogP contribution < -0.4 is 0 Å². The number of benzene rings is 2. The molecule has 0 spiro atoms. The molecule has 0 radical (unpaired) electrons. The van der Waals surface area contributed by atoms with E-state index in [-0.39, 0.29) is 49.7 Å². The molecule has 2 aliphatic heterocycles. The van der Waals surface area contributed by atoms with Crippen LogP contribution in [0, 0.1) is 23.1 Å². The summed E-state index contributed by atoms with van der Waals surface area (Å²) >= 11 is 0. The summed E-state index contributed by atoms with van der Waals surface area (Å²) < 4.78 is 134. The third-order valence-electron chi connectivity index (χ3n) is 7.68. The maximum Gasteiger partial charge on any atom is 0.435 e. The summed E-state index contributed by atoms with van der Waals surface area (Å²) in [4.78, 5) is 15.5. The molecule has 41 heavy (non-hydrogen) atoms. The SMILES string of the molecule is N#CC1CCN(C(=O)N2CC[C@](c3ccc(C(F)(C(F)(F)F)C(F)(F)F)cc3)(S(=O)(=O)c3ccc(F)cc3)C2)CC1. The van der Waals surface area contributed by atoms with E-state index in [1.165, 1.54) is 9.80 Å². The van der Waals surface area contributed by atoms with E-state index in [0.717, 1.165) is 24.3 Å². The average molecular weight is 610 g/mol. The van der Waals surface area contributed by atoms with Crippen LogP contribution in [-0.4, -0.2) is 62.8 Å². The third kappa shape index (κ3) is 5.11. The van der Waals surface area contributed by atoms with E-state index in [2.05, 4.69) is 6.07 Å². The van der Waals surface area contributed by atoms with E-state index in [9.17, 15) is 48.3 Å². The van der Waals surface area contributed by atoms with Crippen LogP contribution in [0.3, 0.4) is 0 Å². The van der Waals surface area contributed by atoms with E-state index < -0.39 is 61.5 Å². The standard InChI is InChI=1S/C26H23F8N3O3S/c27-20-5-7-21(8-6-20)41(39,40)23(11-14-37(16-23)22(38)36-12-9-17(15-35)10-13-36)18-1-3-19(4-2-18)24(28,25(29,30)31)26(32,33)34/h1-8,17H,9-14,16H2/t23-/m0/s1. The molecule has 222 valence electrons. The van der Waals surface area contributed by atoms with Crippen LogP contribution in [0.5, 0.6) is 0 Å². The molecule has 2 aromatic carbocycles. The lowest BCUT2D eigenvalue weighted by Gasteiger charge is -2.34. The molecule has 1 atom stereocenters. The number of rotatable bonds is 4. The summed E-state index contributed by atoms with van der Waals surface area (Å²) in [5.74, 6) is -1.00. The van der Waals surface area contributed by atoms with Crippen molar-refractivity contribution in [2.24, 2.45) is 5.92 Å². The van der Waals surface area contributed by atoms with Crippen molar-refractivity contribution in [3.63, 3.8) is 0 Å². The first-order valence-electron chi connectivity index (χ1n) is 12.3. The van der Waals surface area contributed by atoms with Gasteiger partial charge in [-0.3, -0.25) is 0 Å². The van der Waals surface area contributed by atoms with E-state index >= 15 is 0 Å². The molecule has 2 aliphatic rings. The lowest BCUT2D eigenvalue weighted by molar-refractivity contribution is -0.348. The molecule has 2 fully saturated rings. The van der Waals surface area contributed by atoms with Gasteiger partial charge >= 0.3 is 24.1 Å². The first kappa shape index (κ1) is 30.5. The van der Waals surface area contributed by atoms with Gasteiger partial charge in [-0.15, -0.1) is 0 Å². The second-order valence-electron chi connectivity index (χ2n) is 10.0. The number of amides is 2. The van der Waals surface area contributed by atoms with Crippen LogP contribution in [0.1, 0.15) is 30.4 Å². The van der Waals surface area contributed by atoms with Gasteiger partial charge in [-0.2, -0.15) is 31.6 Å². The number of nitrogens with zero attached hydrogens (tertiary/aromatic N) is 3. The molecule has 2 saturated heterocycles. The molecule has 2 amide bonds. The van der Waals surface area contributed by atoms with Crippen LogP contribution in [0.15, 0.2) is 53.4 Å². The van der Waals surface area contributed by atoms with Gasteiger partial charge in [0.2, 0.25) is 0 Å². The summed E-state index contributed by atoms with van der Waals surface area (Å²) in [6, 6.07) is 7.03. The summed E-state index contributed by atoms with van der Waals surface area (Å²) in [7, 11) is -4.55. The number of alkyl halides is 7. The van der Waals surface area contributed by atoms with Gasteiger partial charge in [0.1, 0.15) is 10.6 Å². The Morgan fingerprint density at radius 3 is 1.88 bits per heavy atom. The van der Waals surface area contributed by atoms with Crippen molar-refractivity contribution in [1.29, 1.82) is 5.26 Å². The zero-order valence-electron chi connectivity index (χ0n) is 21.1. The monoisotopic (exact) mass is 609 g/mol. The van der Waals surface area contributed by atoms with E-state index in [4.69, 9.17) is 5.26 Å². The fourth-order valence-corrected chi connectivity index (χ4v) is 7.36. The van der Waals surface area contributed by atoms with Gasteiger partial charge in [-0.25, -0.2) is 22.0 Å². The molecular weight excluding hydrogens is 586 g/mol. The van der Waals surface area contributed by atoms with Crippen LogP contribution in [0.25, 0.3) is 0 Å². The zero-order valence-corrected chi connectivity index (χ0v) is 22.0. The van der Waals surface area contributed by atoms with Gasteiger partial charge in [-0.05, 0) is 49.1 Å². The lowest BCUT2D eigenvalue weighted by atomic mass is 9.90. The van der Waals surface area contributed by atoms with Crippen molar-refractivity contribution in [1.82, 2.24) is 9.80 Å². The summed E-state index contributed by atoms with van der Waals surface area (Å²) in [6.45, 7) is -0.208. The maximum atomic E-state index is 14.6. The van der Waals surface area contributed by atoms with Crippen LogP contribution in [0.4, 0.5) is 39.9 Å². The second-order valence-corrected chi connectivity index (χ2v) is 12.3. The van der Waals surface area contributed by atoms with E-state index in [1.807, 2.05) is 0 Å². The van der Waals surface area contributed by atoms with Gasteiger partial charge in [0.25, 0.3) is 0 Å². The van der Waals surface area contributed by atoms with Crippen molar-refractivity contribution in [3.8, 4) is 6.07 Å². The van der Waals surface area contributed by atoms with Crippen molar-refractivity contribution in [3.05, 3.63) is 65.5 Å². The highest BCUT2D eigenvalue weighted by Crippen LogP contribution is 2.54. The van der Waals surface area contributed by atoms with Crippen LogP contribution >= 0.6 is 0 Å². The zero-order chi connectivity index (χ0) is 30.4. The molecule has 0 saturated carbocycles. The topological polar surface area (TPSA) is 81.5 Å². The number of likely N-dealkylation sites (tertiary alicyclic amines) is 2. The predicted octanol–water partition coefficient (Wildman–Crippen LogP) is 5.85. The lowest BCUT2D eigenvalue weighted by Crippen LogP contribution is -2.50. The Bertz CT molecular complexity index is 1410. The number of urea groups is 1. The molecule has 15 heteroatoms. The Morgan fingerprint density at radius 2 is 1.39 bits per heavy atom. The molecule has 0 aromatic heterocycles. The molecule has 0 unspecified atom stereocenters. The molecule has 0 bridgehead atoms. The number of carbonyl (C=O) groups is 1. The van der Waals surface area contributed by atoms with Gasteiger partial charge in [0, 0.05) is 37.7 Å². The Labute approximate surface area is 230 Å². The first-order chi connectivity index (χ1) is 19.0. The minimum Gasteiger partial charge on any atom is -0.325 e. The summed E-state index contributed by atoms with van der Waals surface area (Å²) in [6.07, 6.45) is -12.2. The van der Waals surface area contributed by atoms with Crippen LogP contribution in [-0.2, 0) is 20.3 Å². The maximum absolute atomic E-state index is 14.6. The predicted molar refractivity (Wildman–Crippen MR) is 128 cm³/mol. The van der Waals surface area contributed by atoms with Crippen molar-refractivity contribution >= 4 is 15.9 Å². The average Bonchev–Trinajstić information content (AvgIpc) is 3.39. The molecule has 2 aromatic rings. The smallest absolute Gasteiger partial charge is 0.325 e. The summed E-state index contributed by atoms with van der Waals surface area (Å²) in [5, 5.41) is 9.09. The quantitative estimate of drug-likeness (QED) is 0.322. The first-order valence-corrected chi connectivity index (χ1v) is 13.8. The van der Waals surface area contributed by atoms with Crippen LogP contribution in [0.2, 0.25) is 0 Å². The number of nitriles is 1. The minimum absolute atomic E-state index is 0.142. The molecule has 6 nitrogen and oxygen atoms in total. The number of hydrogen-bond acceptors (Lipinski definition) is 4. The highest BCUT2D eigenvalue weighted by atomic mass is 32.2. The third-order valence-corrected chi connectivity index (χ3v) is 10.2. The van der Waals surface area contributed by atoms with Gasteiger partial charge in [-0.1, -0.05) is 24.3 Å². The Kier molecular flexibility index (Phi) is 7.79. The molecular formula is C26H23F8N3O3S. The number of hydrogen-bond donors (Lipinski definition) is 0. The largest absolute Gasteiger partial charge is 0.435 e. The molecule has 0 N–H and O–H groups in total. The highest BCUT2D eigenvalue weighted by molar-refractivity contribution is 7.92. The fourth-order valence-electron chi connectivity index (χ4n) is 5.29. The number of sulfone groups is 1. The van der Waals surface area contributed by atoms with Crippen molar-refractivity contribution in [2.45, 2.75) is 46.9 Å². The van der Waals surface area contributed by atoms with Crippen molar-refractivity contribution < 1.29 is 48.3 Å². The Balaban J connectivity index is 1.76. The Hall–Kier alpha value is -3.41. The molecule has 0 aliphatic carbocycles. The minimum atomic E-state index is -6.36. The van der Waals surface area contributed by atoms with E-state index in [0.29, 0.717) is 25.0 Å². The second kappa shape index (κ2) is 10.5. The van der Waals surface area contributed by atoms with Gasteiger partial charge in [0.15, 0.2) is 9.84 Å². The highest BCUT2D eigenvalue weighted by Gasteiger charge is 2.73. The normalized spacial score (nSPS) is 21.1. The Morgan fingerprint density at radius 1 is 0.854 bits per heavy atom. The number of halogens is 8.